The van der Waals surface area contributed by atoms with E-state index in [0.717, 1.165) is 22.6 Å². The molecule has 1 aliphatic rings. The lowest BCUT2D eigenvalue weighted by molar-refractivity contribution is -0.138. The molecular formula is C21H21ClN4O2. The van der Waals surface area contributed by atoms with Crippen LogP contribution in [-0.2, 0) is 16.0 Å². The Bertz CT molecular complexity index is 1020. The highest BCUT2D eigenvalue weighted by Gasteiger charge is 2.25. The average Bonchev–Trinajstić information content (AvgIpc) is 3.07. The van der Waals surface area contributed by atoms with E-state index in [9.17, 15) is 9.59 Å². The molecule has 1 aromatic carbocycles. The normalized spacial score (nSPS) is 14.5. The molecule has 0 saturated carbocycles. The maximum atomic E-state index is 13.0. The molecule has 144 valence electrons. The number of fused-ring (bicyclic) bond motifs is 1. The molecular weight excluding hydrogens is 376 g/mol. The molecule has 0 bridgehead atoms. The Kier molecular flexibility index (Phi) is 5.05. The lowest BCUT2D eigenvalue weighted by Gasteiger charge is -2.34. The van der Waals surface area contributed by atoms with Crippen LogP contribution >= 0.6 is 11.6 Å². The van der Waals surface area contributed by atoms with Gasteiger partial charge in [-0.2, -0.15) is 0 Å². The van der Waals surface area contributed by atoms with Gasteiger partial charge in [-0.15, -0.1) is 0 Å². The molecule has 1 aliphatic heterocycles. The summed E-state index contributed by atoms with van der Waals surface area (Å²) in [5, 5.41) is 0.661. The molecule has 0 radical (unpaired) electrons. The molecule has 0 N–H and O–H groups in total. The number of hydrogen-bond donors (Lipinski definition) is 0. The van der Waals surface area contributed by atoms with Crippen molar-refractivity contribution in [3.8, 4) is 11.3 Å². The fourth-order valence-corrected chi connectivity index (χ4v) is 3.71. The monoisotopic (exact) mass is 396 g/mol. The summed E-state index contributed by atoms with van der Waals surface area (Å²) in [6.07, 6.45) is 2.18. The van der Waals surface area contributed by atoms with Gasteiger partial charge in [-0.05, 0) is 24.3 Å². The highest BCUT2D eigenvalue weighted by molar-refractivity contribution is 6.30. The van der Waals surface area contributed by atoms with Gasteiger partial charge in [-0.25, -0.2) is 4.98 Å². The summed E-state index contributed by atoms with van der Waals surface area (Å²) in [6, 6.07) is 13.3. The van der Waals surface area contributed by atoms with Crippen LogP contribution in [0.3, 0.4) is 0 Å². The van der Waals surface area contributed by atoms with Gasteiger partial charge in [0.15, 0.2) is 0 Å². The lowest BCUT2D eigenvalue weighted by Crippen LogP contribution is -2.50. The van der Waals surface area contributed by atoms with E-state index in [2.05, 4.69) is 0 Å². The number of carbonyl (C=O) groups excluding carboxylic acids is 2. The molecule has 1 fully saturated rings. The van der Waals surface area contributed by atoms with Crippen LogP contribution in [0.25, 0.3) is 16.9 Å². The molecule has 1 saturated heterocycles. The standard InChI is InChI=1S/C21H21ClN4O2/c1-15(27)24-10-12-25(13-11-24)20(28)14-18-21(16-5-7-17(22)8-6-16)23-19-4-2-3-9-26(18)19/h2-9H,10-14H2,1H3. The minimum absolute atomic E-state index is 0.0454. The van der Waals surface area contributed by atoms with E-state index in [-0.39, 0.29) is 18.2 Å². The van der Waals surface area contributed by atoms with E-state index in [1.165, 1.54) is 0 Å². The number of carbonyl (C=O) groups is 2. The second-order valence-corrected chi connectivity index (χ2v) is 7.34. The Morgan fingerprint density at radius 1 is 1.00 bits per heavy atom. The highest BCUT2D eigenvalue weighted by atomic mass is 35.5. The van der Waals surface area contributed by atoms with Gasteiger partial charge in [0.2, 0.25) is 11.8 Å². The number of amides is 2. The summed E-state index contributed by atoms with van der Waals surface area (Å²) in [4.78, 5) is 32.8. The first kappa shape index (κ1) is 18.5. The Hall–Kier alpha value is -2.86. The third-order valence-electron chi connectivity index (χ3n) is 5.14. The van der Waals surface area contributed by atoms with Crippen LogP contribution < -0.4 is 0 Å². The number of pyridine rings is 1. The first-order valence-corrected chi connectivity index (χ1v) is 9.66. The molecule has 0 unspecified atom stereocenters. The van der Waals surface area contributed by atoms with Gasteiger partial charge in [0.1, 0.15) is 5.65 Å². The van der Waals surface area contributed by atoms with Crippen molar-refractivity contribution in [2.45, 2.75) is 13.3 Å². The van der Waals surface area contributed by atoms with Gasteiger partial charge in [-0.1, -0.05) is 29.8 Å². The van der Waals surface area contributed by atoms with Crippen LogP contribution in [0.5, 0.6) is 0 Å². The topological polar surface area (TPSA) is 57.9 Å². The first-order chi connectivity index (χ1) is 13.5. The molecule has 6 nitrogen and oxygen atoms in total. The fraction of sp³-hybridized carbons (Fsp3) is 0.286. The number of rotatable bonds is 3. The van der Waals surface area contributed by atoms with Gasteiger partial charge in [0, 0.05) is 49.9 Å². The van der Waals surface area contributed by atoms with Crippen molar-refractivity contribution in [2.24, 2.45) is 0 Å². The van der Waals surface area contributed by atoms with Crippen molar-refractivity contribution in [3.63, 3.8) is 0 Å². The molecule has 0 atom stereocenters. The van der Waals surface area contributed by atoms with E-state index in [1.807, 2.05) is 58.0 Å². The van der Waals surface area contributed by atoms with Crippen molar-refractivity contribution in [2.75, 3.05) is 26.2 Å². The number of imidazole rings is 1. The lowest BCUT2D eigenvalue weighted by atomic mass is 10.1. The first-order valence-electron chi connectivity index (χ1n) is 9.28. The SMILES string of the molecule is CC(=O)N1CCN(C(=O)Cc2c(-c3ccc(Cl)cc3)nc3ccccn23)CC1. The second-order valence-electron chi connectivity index (χ2n) is 6.91. The second kappa shape index (κ2) is 7.64. The number of hydrogen-bond acceptors (Lipinski definition) is 3. The summed E-state index contributed by atoms with van der Waals surface area (Å²) in [6.45, 7) is 3.85. The third kappa shape index (κ3) is 3.60. The summed E-state index contributed by atoms with van der Waals surface area (Å²) < 4.78 is 1.97. The van der Waals surface area contributed by atoms with Crippen molar-refractivity contribution >= 4 is 29.1 Å². The minimum Gasteiger partial charge on any atom is -0.339 e. The van der Waals surface area contributed by atoms with Crippen LogP contribution in [0.15, 0.2) is 48.7 Å². The largest absolute Gasteiger partial charge is 0.339 e. The van der Waals surface area contributed by atoms with Crippen LogP contribution in [0.1, 0.15) is 12.6 Å². The Balaban J connectivity index is 1.62. The molecule has 0 aliphatic carbocycles. The highest BCUT2D eigenvalue weighted by Crippen LogP contribution is 2.26. The minimum atomic E-state index is 0.0454. The quantitative estimate of drug-likeness (QED) is 0.684. The summed E-state index contributed by atoms with van der Waals surface area (Å²) in [5.41, 5.74) is 3.38. The van der Waals surface area contributed by atoms with Gasteiger partial charge >= 0.3 is 0 Å². The average molecular weight is 397 g/mol. The van der Waals surface area contributed by atoms with Crippen molar-refractivity contribution < 1.29 is 9.59 Å². The van der Waals surface area contributed by atoms with Crippen LogP contribution in [0.4, 0.5) is 0 Å². The van der Waals surface area contributed by atoms with Gasteiger partial charge in [0.25, 0.3) is 0 Å². The summed E-state index contributed by atoms with van der Waals surface area (Å²) in [5.74, 6) is 0.1000. The van der Waals surface area contributed by atoms with Gasteiger partial charge in [0.05, 0.1) is 17.8 Å². The predicted molar refractivity (Wildman–Crippen MR) is 108 cm³/mol. The van der Waals surface area contributed by atoms with Crippen molar-refractivity contribution in [3.05, 3.63) is 59.4 Å². The molecule has 2 aromatic heterocycles. The van der Waals surface area contributed by atoms with E-state index < -0.39 is 0 Å². The van der Waals surface area contributed by atoms with Gasteiger partial charge < -0.3 is 14.2 Å². The molecule has 2 amide bonds. The summed E-state index contributed by atoms with van der Waals surface area (Å²) in [7, 11) is 0. The predicted octanol–water partition coefficient (Wildman–Crippen LogP) is 2.89. The fourth-order valence-electron chi connectivity index (χ4n) is 3.58. The van der Waals surface area contributed by atoms with Crippen LogP contribution in [0.2, 0.25) is 5.02 Å². The maximum Gasteiger partial charge on any atom is 0.228 e. The van der Waals surface area contributed by atoms with E-state index in [1.54, 1.807) is 11.8 Å². The number of nitrogens with zero attached hydrogens (tertiary/aromatic N) is 4. The molecule has 28 heavy (non-hydrogen) atoms. The smallest absolute Gasteiger partial charge is 0.228 e. The van der Waals surface area contributed by atoms with Crippen LogP contribution in [0, 0.1) is 0 Å². The third-order valence-corrected chi connectivity index (χ3v) is 5.39. The van der Waals surface area contributed by atoms with E-state index in [0.29, 0.717) is 31.2 Å². The van der Waals surface area contributed by atoms with Crippen LogP contribution in [-0.4, -0.2) is 57.2 Å². The summed E-state index contributed by atoms with van der Waals surface area (Å²) >= 11 is 6.02. The zero-order chi connectivity index (χ0) is 19.7. The molecule has 3 aromatic rings. The van der Waals surface area contributed by atoms with Crippen molar-refractivity contribution in [1.29, 1.82) is 0 Å². The maximum absolute atomic E-state index is 13.0. The Labute approximate surface area is 168 Å². The Morgan fingerprint density at radius 3 is 2.36 bits per heavy atom. The molecule has 4 rings (SSSR count). The van der Waals surface area contributed by atoms with Gasteiger partial charge in [-0.3, -0.25) is 9.59 Å². The zero-order valence-corrected chi connectivity index (χ0v) is 16.4. The number of piperazine rings is 1. The van der Waals surface area contributed by atoms with E-state index >= 15 is 0 Å². The van der Waals surface area contributed by atoms with Crippen molar-refractivity contribution in [1.82, 2.24) is 19.2 Å². The van der Waals surface area contributed by atoms with E-state index in [4.69, 9.17) is 16.6 Å². The number of halogens is 1. The molecule has 0 spiro atoms. The molecule has 3 heterocycles. The Morgan fingerprint density at radius 2 is 1.68 bits per heavy atom. The zero-order valence-electron chi connectivity index (χ0n) is 15.6. The number of aromatic nitrogens is 2. The number of benzene rings is 1. The molecule has 7 heteroatoms.